The highest BCUT2D eigenvalue weighted by Gasteiger charge is 2.24. The minimum atomic E-state index is -0.189. The fourth-order valence-corrected chi connectivity index (χ4v) is 5.57. The monoisotopic (exact) mass is 441 g/mol. The number of nitrogens with zero attached hydrogens (tertiary/aromatic N) is 2. The number of rotatable bonds is 6. The van der Waals surface area contributed by atoms with Crippen molar-refractivity contribution in [3.8, 4) is 0 Å². The van der Waals surface area contributed by atoms with E-state index in [4.69, 9.17) is 10.7 Å². The first-order valence-corrected chi connectivity index (χ1v) is 11.9. The summed E-state index contributed by atoms with van der Waals surface area (Å²) in [4.78, 5) is 32.0. The van der Waals surface area contributed by atoms with Gasteiger partial charge >= 0.3 is 0 Å². The normalized spacial score (nSPS) is 18.7. The van der Waals surface area contributed by atoms with Crippen LogP contribution in [0, 0.1) is 12.8 Å². The van der Waals surface area contributed by atoms with Crippen LogP contribution in [0.5, 0.6) is 0 Å². The van der Waals surface area contributed by atoms with E-state index in [1.54, 1.807) is 0 Å². The SMILES string of the molecule is Cc1nc(C2CCNCC2)sc1C(=O)Nc1cccc(CN2CCC(C(N)=O)CC2)c1. The van der Waals surface area contributed by atoms with Crippen molar-refractivity contribution < 1.29 is 9.59 Å². The van der Waals surface area contributed by atoms with E-state index < -0.39 is 0 Å². The van der Waals surface area contributed by atoms with Gasteiger partial charge in [0.05, 0.1) is 10.7 Å². The van der Waals surface area contributed by atoms with Gasteiger partial charge in [-0.3, -0.25) is 14.5 Å². The molecule has 0 spiro atoms. The van der Waals surface area contributed by atoms with Crippen molar-refractivity contribution in [3.63, 3.8) is 0 Å². The van der Waals surface area contributed by atoms with Crippen molar-refractivity contribution in [2.75, 3.05) is 31.5 Å². The molecule has 8 heteroatoms. The first-order chi connectivity index (χ1) is 15.0. The molecule has 2 aliphatic rings. The number of hydrogen-bond donors (Lipinski definition) is 3. The minimum absolute atomic E-state index is 0.000665. The number of hydrogen-bond acceptors (Lipinski definition) is 6. The summed E-state index contributed by atoms with van der Waals surface area (Å²) in [5.41, 5.74) is 8.18. The number of aromatic nitrogens is 1. The highest BCUT2D eigenvalue weighted by Crippen LogP contribution is 2.31. The van der Waals surface area contributed by atoms with E-state index >= 15 is 0 Å². The number of thiazole rings is 1. The molecule has 1 aromatic heterocycles. The Kier molecular flexibility index (Phi) is 6.99. The topological polar surface area (TPSA) is 100 Å². The van der Waals surface area contributed by atoms with Gasteiger partial charge in [-0.2, -0.15) is 0 Å². The number of nitrogens with one attached hydrogen (secondary N) is 2. The van der Waals surface area contributed by atoms with Crippen LogP contribution in [0.2, 0.25) is 0 Å². The lowest BCUT2D eigenvalue weighted by molar-refractivity contribution is -0.123. The number of anilines is 1. The second-order valence-electron chi connectivity index (χ2n) is 8.60. The number of amides is 2. The summed E-state index contributed by atoms with van der Waals surface area (Å²) in [6.45, 7) is 6.47. The Balaban J connectivity index is 1.37. The Hall–Kier alpha value is -2.29. The Morgan fingerprint density at radius 3 is 2.68 bits per heavy atom. The summed E-state index contributed by atoms with van der Waals surface area (Å²) in [7, 11) is 0. The molecule has 0 saturated carbocycles. The van der Waals surface area contributed by atoms with Crippen molar-refractivity contribution in [3.05, 3.63) is 45.4 Å². The van der Waals surface area contributed by atoms with Crippen LogP contribution in [-0.4, -0.2) is 47.9 Å². The number of likely N-dealkylation sites (tertiary alicyclic amines) is 1. The van der Waals surface area contributed by atoms with Crippen LogP contribution in [0.4, 0.5) is 5.69 Å². The van der Waals surface area contributed by atoms with Gasteiger partial charge in [0.25, 0.3) is 5.91 Å². The van der Waals surface area contributed by atoms with Gasteiger partial charge in [0, 0.05) is 24.1 Å². The van der Waals surface area contributed by atoms with E-state index in [1.807, 2.05) is 25.1 Å². The molecule has 0 atom stereocenters. The summed E-state index contributed by atoms with van der Waals surface area (Å²) in [5.74, 6) is 0.174. The van der Waals surface area contributed by atoms with Crippen molar-refractivity contribution in [1.82, 2.24) is 15.2 Å². The summed E-state index contributed by atoms with van der Waals surface area (Å²) in [5, 5.41) is 7.51. The van der Waals surface area contributed by atoms with E-state index in [-0.39, 0.29) is 17.7 Å². The molecule has 0 bridgehead atoms. The number of carbonyl (C=O) groups excluding carboxylic acids is 2. The predicted octanol–water partition coefficient (Wildman–Crippen LogP) is 2.87. The summed E-state index contributed by atoms with van der Waals surface area (Å²) in [6.07, 6.45) is 3.78. The first-order valence-electron chi connectivity index (χ1n) is 11.1. The van der Waals surface area contributed by atoms with Gasteiger partial charge in [0.15, 0.2) is 0 Å². The van der Waals surface area contributed by atoms with Crippen LogP contribution in [0.15, 0.2) is 24.3 Å². The fourth-order valence-electron chi connectivity index (χ4n) is 4.44. The van der Waals surface area contributed by atoms with E-state index in [0.717, 1.165) is 80.4 Å². The predicted molar refractivity (Wildman–Crippen MR) is 123 cm³/mol. The summed E-state index contributed by atoms with van der Waals surface area (Å²) < 4.78 is 0. The Labute approximate surface area is 187 Å². The van der Waals surface area contributed by atoms with Gasteiger partial charge < -0.3 is 16.4 Å². The van der Waals surface area contributed by atoms with E-state index in [2.05, 4.69) is 21.6 Å². The first kappa shape index (κ1) is 21.9. The summed E-state index contributed by atoms with van der Waals surface area (Å²) >= 11 is 1.53. The van der Waals surface area contributed by atoms with Gasteiger partial charge in [-0.25, -0.2) is 4.98 Å². The molecule has 0 radical (unpaired) electrons. The van der Waals surface area contributed by atoms with Gasteiger partial charge in [0.1, 0.15) is 4.88 Å². The van der Waals surface area contributed by atoms with Crippen LogP contribution in [0.1, 0.15) is 57.5 Å². The van der Waals surface area contributed by atoms with E-state index in [1.165, 1.54) is 11.3 Å². The zero-order valence-corrected chi connectivity index (χ0v) is 18.8. The lowest BCUT2D eigenvalue weighted by Crippen LogP contribution is -2.38. The number of aryl methyl sites for hydroxylation is 1. The van der Waals surface area contributed by atoms with Crippen LogP contribution in [-0.2, 0) is 11.3 Å². The molecule has 4 N–H and O–H groups in total. The zero-order valence-electron chi connectivity index (χ0n) is 18.0. The molecule has 3 heterocycles. The quantitative estimate of drug-likeness (QED) is 0.640. The third-order valence-electron chi connectivity index (χ3n) is 6.29. The second kappa shape index (κ2) is 9.89. The number of nitrogens with two attached hydrogens (primary N) is 1. The summed E-state index contributed by atoms with van der Waals surface area (Å²) in [6, 6.07) is 8.00. The fraction of sp³-hybridized carbons (Fsp3) is 0.522. The lowest BCUT2D eigenvalue weighted by Gasteiger charge is -2.30. The van der Waals surface area contributed by atoms with Crippen LogP contribution in [0.3, 0.4) is 0 Å². The Bertz CT molecular complexity index is 930. The highest BCUT2D eigenvalue weighted by molar-refractivity contribution is 7.14. The minimum Gasteiger partial charge on any atom is -0.369 e. The molecular weight excluding hydrogens is 410 g/mol. The van der Waals surface area contributed by atoms with Crippen molar-refractivity contribution in [2.24, 2.45) is 11.7 Å². The lowest BCUT2D eigenvalue weighted by atomic mass is 9.96. The van der Waals surface area contributed by atoms with Crippen molar-refractivity contribution >= 4 is 28.8 Å². The smallest absolute Gasteiger partial charge is 0.267 e. The average molecular weight is 442 g/mol. The molecule has 166 valence electrons. The van der Waals surface area contributed by atoms with Crippen LogP contribution >= 0.6 is 11.3 Å². The number of primary amides is 1. The number of benzene rings is 1. The molecule has 2 fully saturated rings. The molecule has 2 aromatic rings. The van der Waals surface area contributed by atoms with Gasteiger partial charge in [-0.1, -0.05) is 12.1 Å². The zero-order chi connectivity index (χ0) is 21.8. The van der Waals surface area contributed by atoms with E-state index in [9.17, 15) is 9.59 Å². The molecule has 2 saturated heterocycles. The highest BCUT2D eigenvalue weighted by atomic mass is 32.1. The van der Waals surface area contributed by atoms with Gasteiger partial charge in [-0.05, 0) is 76.5 Å². The molecular formula is C23H31N5O2S. The second-order valence-corrected chi connectivity index (χ2v) is 9.63. The molecule has 2 amide bonds. The molecule has 7 nitrogen and oxygen atoms in total. The van der Waals surface area contributed by atoms with Crippen LogP contribution in [0.25, 0.3) is 0 Å². The van der Waals surface area contributed by atoms with E-state index in [0.29, 0.717) is 10.8 Å². The van der Waals surface area contributed by atoms with Crippen molar-refractivity contribution in [1.29, 1.82) is 0 Å². The molecule has 0 unspecified atom stereocenters. The maximum absolute atomic E-state index is 12.9. The van der Waals surface area contributed by atoms with Crippen molar-refractivity contribution in [2.45, 2.75) is 45.1 Å². The average Bonchev–Trinajstić information content (AvgIpc) is 3.17. The molecule has 4 rings (SSSR count). The third kappa shape index (κ3) is 5.50. The third-order valence-corrected chi connectivity index (χ3v) is 7.61. The molecule has 2 aliphatic heterocycles. The number of carbonyl (C=O) groups is 2. The van der Waals surface area contributed by atoms with Gasteiger partial charge in [0.2, 0.25) is 5.91 Å². The number of piperidine rings is 2. The maximum Gasteiger partial charge on any atom is 0.267 e. The molecule has 0 aliphatic carbocycles. The standard InChI is InChI=1S/C23H31N5O2S/c1-15-20(31-23(26-15)18-5-9-25-10-6-18)22(30)27-19-4-2-3-16(13-19)14-28-11-7-17(8-12-28)21(24)29/h2-4,13,17-18,25H,5-12,14H2,1H3,(H2,24,29)(H,27,30). The Morgan fingerprint density at radius 2 is 1.97 bits per heavy atom. The largest absolute Gasteiger partial charge is 0.369 e. The molecule has 31 heavy (non-hydrogen) atoms. The van der Waals surface area contributed by atoms with Crippen LogP contribution < -0.4 is 16.4 Å². The van der Waals surface area contributed by atoms with Gasteiger partial charge in [-0.15, -0.1) is 11.3 Å². The molecule has 1 aromatic carbocycles. The maximum atomic E-state index is 12.9. The Morgan fingerprint density at radius 1 is 1.23 bits per heavy atom.